The Morgan fingerprint density at radius 3 is 2.52 bits per heavy atom. The van der Waals surface area contributed by atoms with E-state index < -0.39 is 22.9 Å². The average molecular weight is 401 g/mol. The summed E-state index contributed by atoms with van der Waals surface area (Å²) in [6.45, 7) is 3.58. The molecule has 0 aliphatic heterocycles. The van der Waals surface area contributed by atoms with E-state index in [9.17, 15) is 19.7 Å². The minimum Gasteiger partial charge on any atom is -0.449 e. The zero-order valence-electron chi connectivity index (χ0n) is 16.2. The molecule has 0 radical (unpaired) electrons. The molecular formula is C20H23N3O6. The number of para-hydroxylation sites is 1. The van der Waals surface area contributed by atoms with Crippen LogP contribution in [-0.2, 0) is 9.53 Å². The summed E-state index contributed by atoms with van der Waals surface area (Å²) >= 11 is 0. The van der Waals surface area contributed by atoms with Gasteiger partial charge < -0.3 is 20.1 Å². The first kappa shape index (κ1) is 21.8. The summed E-state index contributed by atoms with van der Waals surface area (Å²) in [6.07, 6.45) is -1.10. The van der Waals surface area contributed by atoms with Crippen molar-refractivity contribution in [1.29, 1.82) is 0 Å². The molecule has 0 spiro atoms. The Morgan fingerprint density at radius 1 is 1.24 bits per heavy atom. The van der Waals surface area contributed by atoms with Crippen molar-refractivity contribution in [3.63, 3.8) is 0 Å². The van der Waals surface area contributed by atoms with Crippen molar-refractivity contribution in [3.8, 4) is 0 Å². The molecule has 9 nitrogen and oxygen atoms in total. The van der Waals surface area contributed by atoms with Crippen molar-refractivity contribution in [2.75, 3.05) is 29.9 Å². The van der Waals surface area contributed by atoms with Gasteiger partial charge in [0.2, 0.25) is 0 Å². The van der Waals surface area contributed by atoms with E-state index >= 15 is 0 Å². The highest BCUT2D eigenvalue weighted by Gasteiger charge is 2.26. The SMILES string of the molecule is CCN(C(=O)[C@@H](C)OC(=O)c1cc([N+](=O)[O-])ccc1NCCO)c1ccccc1. The quantitative estimate of drug-likeness (QED) is 0.376. The molecular weight excluding hydrogens is 378 g/mol. The predicted molar refractivity (Wildman–Crippen MR) is 108 cm³/mol. The lowest BCUT2D eigenvalue weighted by Crippen LogP contribution is -2.40. The van der Waals surface area contributed by atoms with Crippen LogP contribution in [0.4, 0.5) is 17.1 Å². The van der Waals surface area contributed by atoms with Gasteiger partial charge in [-0.15, -0.1) is 0 Å². The molecule has 1 amide bonds. The molecule has 0 saturated heterocycles. The van der Waals surface area contributed by atoms with E-state index in [-0.39, 0.29) is 30.1 Å². The van der Waals surface area contributed by atoms with E-state index in [1.165, 1.54) is 24.0 Å². The van der Waals surface area contributed by atoms with E-state index in [1.807, 2.05) is 6.07 Å². The molecule has 0 fully saturated rings. The van der Waals surface area contributed by atoms with Gasteiger partial charge in [-0.1, -0.05) is 18.2 Å². The number of ether oxygens (including phenoxy) is 1. The van der Waals surface area contributed by atoms with Crippen LogP contribution in [0.5, 0.6) is 0 Å². The first-order chi connectivity index (χ1) is 13.9. The summed E-state index contributed by atoms with van der Waals surface area (Å²) < 4.78 is 5.30. The standard InChI is InChI=1S/C20H23N3O6/c1-3-22(15-7-5-4-6-8-15)19(25)14(2)29-20(26)17-13-16(23(27)28)9-10-18(17)21-11-12-24/h4-10,13-14,21,24H,3,11-12H2,1-2H3/t14-/m1/s1. The molecule has 2 rings (SSSR count). The first-order valence-electron chi connectivity index (χ1n) is 9.09. The predicted octanol–water partition coefficient (Wildman–Crippen LogP) is 2.60. The highest BCUT2D eigenvalue weighted by molar-refractivity contribution is 6.01. The van der Waals surface area contributed by atoms with Crippen molar-refractivity contribution < 1.29 is 24.4 Å². The molecule has 2 N–H and O–H groups in total. The molecule has 0 aromatic heterocycles. The maximum atomic E-state index is 12.8. The van der Waals surface area contributed by atoms with E-state index in [4.69, 9.17) is 9.84 Å². The van der Waals surface area contributed by atoms with Crippen LogP contribution < -0.4 is 10.2 Å². The molecule has 9 heteroatoms. The molecule has 2 aromatic rings. The number of nitro benzene ring substituents is 1. The van der Waals surface area contributed by atoms with E-state index in [0.29, 0.717) is 12.2 Å². The number of likely N-dealkylation sites (N-methyl/N-ethyl adjacent to an activating group) is 1. The summed E-state index contributed by atoms with van der Waals surface area (Å²) in [5.41, 5.74) is 0.563. The molecule has 0 unspecified atom stereocenters. The maximum Gasteiger partial charge on any atom is 0.341 e. The molecule has 0 aliphatic rings. The minimum atomic E-state index is -1.10. The van der Waals surface area contributed by atoms with Gasteiger partial charge in [0.15, 0.2) is 6.10 Å². The Balaban J connectivity index is 2.22. The maximum absolute atomic E-state index is 12.8. The lowest BCUT2D eigenvalue weighted by atomic mass is 10.1. The second-order valence-corrected chi connectivity index (χ2v) is 6.10. The fraction of sp³-hybridized carbons (Fsp3) is 0.300. The lowest BCUT2D eigenvalue weighted by Gasteiger charge is -2.24. The van der Waals surface area contributed by atoms with Gasteiger partial charge in [-0.25, -0.2) is 4.79 Å². The second kappa shape index (κ2) is 10.2. The molecule has 0 aliphatic carbocycles. The van der Waals surface area contributed by atoms with Crippen LogP contribution in [0.3, 0.4) is 0 Å². The number of anilines is 2. The first-order valence-corrected chi connectivity index (χ1v) is 9.09. The van der Waals surface area contributed by atoms with Crippen LogP contribution >= 0.6 is 0 Å². The zero-order valence-corrected chi connectivity index (χ0v) is 16.2. The second-order valence-electron chi connectivity index (χ2n) is 6.10. The number of carbonyl (C=O) groups is 2. The number of nitro groups is 1. The number of hydrogen-bond donors (Lipinski definition) is 2. The van der Waals surface area contributed by atoms with Gasteiger partial charge in [0.25, 0.3) is 11.6 Å². The van der Waals surface area contributed by atoms with Crippen molar-refractivity contribution in [1.82, 2.24) is 0 Å². The Labute approximate surface area is 168 Å². The van der Waals surface area contributed by atoms with Crippen LogP contribution in [0.2, 0.25) is 0 Å². The van der Waals surface area contributed by atoms with Crippen LogP contribution in [0.15, 0.2) is 48.5 Å². The number of amides is 1. The number of non-ortho nitro benzene ring substituents is 1. The summed E-state index contributed by atoms with van der Waals surface area (Å²) in [4.78, 5) is 37.3. The third-order valence-electron chi connectivity index (χ3n) is 4.14. The lowest BCUT2D eigenvalue weighted by molar-refractivity contribution is -0.384. The molecule has 1 atom stereocenters. The molecule has 0 saturated carbocycles. The number of esters is 1. The van der Waals surface area contributed by atoms with E-state index in [1.54, 1.807) is 31.2 Å². The number of nitrogens with zero attached hydrogens (tertiary/aromatic N) is 2. The molecule has 154 valence electrons. The van der Waals surface area contributed by atoms with Gasteiger partial charge in [0.1, 0.15) is 0 Å². The Kier molecular flexibility index (Phi) is 7.67. The van der Waals surface area contributed by atoms with Gasteiger partial charge in [0.05, 0.1) is 17.1 Å². The summed E-state index contributed by atoms with van der Waals surface area (Å²) in [5, 5.41) is 22.8. The summed E-state index contributed by atoms with van der Waals surface area (Å²) in [6, 6.07) is 12.6. The van der Waals surface area contributed by atoms with Crippen molar-refractivity contribution in [2.24, 2.45) is 0 Å². The Bertz CT molecular complexity index is 872. The van der Waals surface area contributed by atoms with Crippen molar-refractivity contribution in [2.45, 2.75) is 20.0 Å². The van der Waals surface area contributed by atoms with E-state index in [0.717, 1.165) is 6.07 Å². The Morgan fingerprint density at radius 2 is 1.93 bits per heavy atom. The monoisotopic (exact) mass is 401 g/mol. The van der Waals surface area contributed by atoms with Crippen molar-refractivity contribution >= 4 is 28.9 Å². The number of aliphatic hydroxyl groups excluding tert-OH is 1. The third kappa shape index (κ3) is 5.52. The van der Waals surface area contributed by atoms with Crippen molar-refractivity contribution in [3.05, 3.63) is 64.2 Å². The molecule has 2 aromatic carbocycles. The fourth-order valence-electron chi connectivity index (χ4n) is 2.73. The minimum absolute atomic E-state index is 0.0879. The fourth-order valence-corrected chi connectivity index (χ4v) is 2.73. The summed E-state index contributed by atoms with van der Waals surface area (Å²) in [5.74, 6) is -1.29. The number of benzene rings is 2. The van der Waals surface area contributed by atoms with Gasteiger partial charge in [-0.2, -0.15) is 0 Å². The number of rotatable bonds is 9. The number of carbonyl (C=O) groups excluding carboxylic acids is 2. The highest BCUT2D eigenvalue weighted by atomic mass is 16.6. The molecule has 0 heterocycles. The zero-order chi connectivity index (χ0) is 21.4. The van der Waals surface area contributed by atoms with Crippen LogP contribution in [-0.4, -0.2) is 47.7 Å². The van der Waals surface area contributed by atoms with Gasteiger partial charge in [-0.3, -0.25) is 14.9 Å². The highest BCUT2D eigenvalue weighted by Crippen LogP contribution is 2.24. The van der Waals surface area contributed by atoms with Gasteiger partial charge in [0, 0.05) is 36.6 Å². The topological polar surface area (TPSA) is 122 Å². The largest absolute Gasteiger partial charge is 0.449 e. The number of aliphatic hydroxyl groups is 1. The summed E-state index contributed by atoms with van der Waals surface area (Å²) in [7, 11) is 0. The van der Waals surface area contributed by atoms with Crippen LogP contribution in [0.1, 0.15) is 24.2 Å². The smallest absolute Gasteiger partial charge is 0.341 e. The van der Waals surface area contributed by atoms with Gasteiger partial charge in [-0.05, 0) is 32.0 Å². The number of hydrogen-bond acceptors (Lipinski definition) is 7. The van der Waals surface area contributed by atoms with Gasteiger partial charge >= 0.3 is 5.97 Å². The normalized spacial score (nSPS) is 11.4. The third-order valence-corrected chi connectivity index (χ3v) is 4.14. The average Bonchev–Trinajstić information content (AvgIpc) is 2.73. The molecule has 29 heavy (non-hydrogen) atoms. The Hall–Kier alpha value is -3.46. The van der Waals surface area contributed by atoms with E-state index in [2.05, 4.69) is 5.32 Å². The van der Waals surface area contributed by atoms with Crippen LogP contribution in [0, 0.1) is 10.1 Å². The number of nitrogens with one attached hydrogen (secondary N) is 1. The molecule has 0 bridgehead atoms. The van der Waals surface area contributed by atoms with Crippen LogP contribution in [0.25, 0.3) is 0 Å².